The summed E-state index contributed by atoms with van der Waals surface area (Å²) in [7, 11) is 0. The number of phenolic OH excluding ortho intramolecular Hbond substituents is 1. The van der Waals surface area contributed by atoms with Crippen LogP contribution in [0.25, 0.3) is 0 Å². The van der Waals surface area contributed by atoms with Crippen molar-refractivity contribution in [3.63, 3.8) is 0 Å². The Balaban J connectivity index is 1.24. The molecule has 7 nitrogen and oxygen atoms in total. The van der Waals surface area contributed by atoms with Gasteiger partial charge in [0.25, 0.3) is 11.5 Å². The third-order valence-electron chi connectivity index (χ3n) is 10.5. The number of H-pyrrole nitrogens is 1. The molecule has 4 aliphatic rings. The molecule has 41 heavy (non-hydrogen) atoms. The second kappa shape index (κ2) is 9.85. The number of amides is 1. The highest BCUT2D eigenvalue weighted by Gasteiger charge is 2.52. The first-order valence-corrected chi connectivity index (χ1v) is 15.1. The fourth-order valence-corrected chi connectivity index (χ4v) is 8.14. The summed E-state index contributed by atoms with van der Waals surface area (Å²) in [6.45, 7) is 6.57. The first-order valence-electron chi connectivity index (χ1n) is 15.1. The molecule has 1 amide bonds. The van der Waals surface area contributed by atoms with Gasteiger partial charge in [0.15, 0.2) is 0 Å². The molecule has 1 aromatic heterocycles. The number of carbonyl (C=O) groups is 1. The molecule has 4 N–H and O–H groups in total. The van der Waals surface area contributed by atoms with Gasteiger partial charge in [-0.25, -0.2) is 0 Å². The van der Waals surface area contributed by atoms with Crippen molar-refractivity contribution in [2.24, 2.45) is 11.8 Å². The monoisotopic (exact) mass is 553 g/mol. The van der Waals surface area contributed by atoms with Gasteiger partial charge in [0.1, 0.15) is 11.3 Å². The first-order chi connectivity index (χ1) is 19.7. The zero-order valence-corrected chi connectivity index (χ0v) is 23.8. The highest BCUT2D eigenvalue weighted by molar-refractivity contribution is 5.94. The molecule has 2 aromatic carbocycles. The number of piperidine rings is 1. The molecule has 1 aliphatic heterocycles. The number of aromatic nitrogens is 1. The van der Waals surface area contributed by atoms with Crippen molar-refractivity contribution < 1.29 is 15.0 Å². The topological polar surface area (TPSA) is 106 Å². The molecule has 1 saturated carbocycles. The first kappa shape index (κ1) is 26.5. The lowest BCUT2D eigenvalue weighted by molar-refractivity contribution is 0.0246. The summed E-state index contributed by atoms with van der Waals surface area (Å²) in [5, 5.41) is 24.1. The SMILES string of the molecule is Cc1ccc(O)cc1[C@]12CCN(CC3CC3)[C@H](C)C1Cc1cc(C(=O)N[C@H]3c4ccccc4C[C@H]3O)c(=O)[nH]c1C2. The summed E-state index contributed by atoms with van der Waals surface area (Å²) in [6.07, 6.45) is 4.76. The Morgan fingerprint density at radius 2 is 1.93 bits per heavy atom. The molecular weight excluding hydrogens is 514 g/mol. The molecule has 214 valence electrons. The number of rotatable bonds is 5. The lowest BCUT2D eigenvalue weighted by Crippen LogP contribution is -2.59. The summed E-state index contributed by atoms with van der Waals surface area (Å²) in [5.74, 6) is 0.885. The molecule has 1 saturated heterocycles. The number of aliphatic hydroxyl groups is 1. The summed E-state index contributed by atoms with van der Waals surface area (Å²) < 4.78 is 0. The lowest BCUT2D eigenvalue weighted by Gasteiger charge is -2.55. The largest absolute Gasteiger partial charge is 0.508 e. The fraction of sp³-hybridized carbons (Fsp3) is 0.471. The van der Waals surface area contributed by atoms with E-state index in [2.05, 4.69) is 29.0 Å². The zero-order chi connectivity index (χ0) is 28.5. The minimum Gasteiger partial charge on any atom is -0.508 e. The van der Waals surface area contributed by atoms with Crippen LogP contribution < -0.4 is 10.9 Å². The molecular formula is C34H39N3O4. The van der Waals surface area contributed by atoms with Crippen LogP contribution in [0.15, 0.2) is 53.3 Å². The number of pyridine rings is 1. The number of benzene rings is 2. The quantitative estimate of drug-likeness (QED) is 0.383. The molecule has 7 heteroatoms. The highest BCUT2D eigenvalue weighted by atomic mass is 16.3. The Labute approximate surface area is 240 Å². The zero-order valence-electron chi connectivity index (χ0n) is 23.8. The van der Waals surface area contributed by atoms with E-state index in [-0.39, 0.29) is 22.6 Å². The Morgan fingerprint density at radius 3 is 2.73 bits per heavy atom. The summed E-state index contributed by atoms with van der Waals surface area (Å²) in [4.78, 5) is 32.6. The van der Waals surface area contributed by atoms with E-state index in [0.717, 1.165) is 59.8 Å². The van der Waals surface area contributed by atoms with Gasteiger partial charge in [-0.3, -0.25) is 9.59 Å². The van der Waals surface area contributed by atoms with Crippen molar-refractivity contribution >= 4 is 5.91 Å². The van der Waals surface area contributed by atoms with Crippen LogP contribution in [0.4, 0.5) is 0 Å². The number of aryl methyl sites for hydroxylation is 1. The second-order valence-electron chi connectivity index (χ2n) is 13.0. The Morgan fingerprint density at radius 1 is 1.12 bits per heavy atom. The molecule has 0 radical (unpaired) electrons. The van der Waals surface area contributed by atoms with Crippen molar-refractivity contribution in [1.82, 2.24) is 15.2 Å². The third-order valence-corrected chi connectivity index (χ3v) is 10.5. The van der Waals surface area contributed by atoms with Gasteiger partial charge in [0.05, 0.1) is 12.1 Å². The van der Waals surface area contributed by atoms with Crippen LogP contribution in [0.5, 0.6) is 5.75 Å². The standard InChI is InChI=1S/C34H39N3O4/c1-19-7-10-24(38)16-27(19)34-11-12-37(18-21-8-9-21)20(2)28(34)14-23-13-26(32(40)35-29(23)17-34)33(41)36-31-25-6-4-3-5-22(25)15-30(31)39/h3-7,10,13,16,20-21,28,30-31,38-39H,8-9,11-12,14-15,17-18H2,1-2H3,(H,35,40)(H,36,41)/t20-,28?,30-,31+,34-/m1/s1. The summed E-state index contributed by atoms with van der Waals surface area (Å²) in [5.41, 5.74) is 5.64. The van der Waals surface area contributed by atoms with Gasteiger partial charge in [-0.2, -0.15) is 0 Å². The van der Waals surface area contributed by atoms with Crippen LogP contribution >= 0.6 is 0 Å². The predicted octanol–water partition coefficient (Wildman–Crippen LogP) is 3.93. The molecule has 2 fully saturated rings. The van der Waals surface area contributed by atoms with Crippen LogP contribution in [-0.2, 0) is 24.7 Å². The van der Waals surface area contributed by atoms with E-state index >= 15 is 0 Å². The van der Waals surface area contributed by atoms with E-state index in [4.69, 9.17) is 0 Å². The molecule has 5 atom stereocenters. The van der Waals surface area contributed by atoms with E-state index in [0.29, 0.717) is 18.9 Å². The van der Waals surface area contributed by atoms with Crippen LogP contribution in [-0.4, -0.2) is 51.2 Å². The number of aromatic hydroxyl groups is 1. The van der Waals surface area contributed by atoms with Crippen molar-refractivity contribution in [3.05, 3.63) is 98.0 Å². The molecule has 2 heterocycles. The van der Waals surface area contributed by atoms with Crippen LogP contribution in [0, 0.1) is 18.8 Å². The number of hydrogen-bond donors (Lipinski definition) is 4. The van der Waals surface area contributed by atoms with Crippen molar-refractivity contribution in [3.8, 4) is 5.75 Å². The van der Waals surface area contributed by atoms with Gasteiger partial charge in [0.2, 0.25) is 0 Å². The minimum absolute atomic E-state index is 0.0969. The Kier molecular flexibility index (Phi) is 6.36. The normalized spacial score (nSPS) is 29.0. The van der Waals surface area contributed by atoms with E-state index in [9.17, 15) is 19.8 Å². The number of nitrogens with zero attached hydrogens (tertiary/aromatic N) is 1. The van der Waals surface area contributed by atoms with Crippen molar-refractivity contribution in [2.45, 2.75) is 76.0 Å². The van der Waals surface area contributed by atoms with Gasteiger partial charge in [-0.05, 0) is 110 Å². The number of nitrogens with one attached hydrogen (secondary N) is 2. The molecule has 3 aromatic rings. The van der Waals surface area contributed by atoms with Crippen LogP contribution in [0.3, 0.4) is 0 Å². The number of fused-ring (bicyclic) bond motifs is 3. The van der Waals surface area contributed by atoms with Gasteiger partial charge < -0.3 is 25.4 Å². The molecule has 0 spiro atoms. The molecule has 1 unspecified atom stereocenters. The van der Waals surface area contributed by atoms with Gasteiger partial charge in [-0.15, -0.1) is 0 Å². The van der Waals surface area contributed by atoms with Crippen LogP contribution in [0.1, 0.15) is 76.1 Å². The van der Waals surface area contributed by atoms with Crippen molar-refractivity contribution in [1.29, 1.82) is 0 Å². The summed E-state index contributed by atoms with van der Waals surface area (Å²) >= 11 is 0. The van der Waals surface area contributed by atoms with Gasteiger partial charge >= 0.3 is 0 Å². The van der Waals surface area contributed by atoms with Crippen molar-refractivity contribution in [2.75, 3.05) is 13.1 Å². The third kappa shape index (κ3) is 4.50. The molecule has 7 rings (SSSR count). The predicted molar refractivity (Wildman–Crippen MR) is 157 cm³/mol. The number of phenols is 1. The fourth-order valence-electron chi connectivity index (χ4n) is 8.14. The van der Waals surface area contributed by atoms with E-state index in [1.165, 1.54) is 18.4 Å². The average Bonchev–Trinajstić information content (AvgIpc) is 3.72. The smallest absolute Gasteiger partial charge is 0.261 e. The Bertz CT molecular complexity index is 1580. The van der Waals surface area contributed by atoms with Gasteiger partial charge in [-0.1, -0.05) is 30.3 Å². The number of hydrogen-bond acceptors (Lipinski definition) is 5. The number of aromatic amines is 1. The highest BCUT2D eigenvalue weighted by Crippen LogP contribution is 2.51. The van der Waals surface area contributed by atoms with E-state index < -0.39 is 23.6 Å². The van der Waals surface area contributed by atoms with Crippen LogP contribution in [0.2, 0.25) is 0 Å². The Hall–Kier alpha value is -3.42. The number of likely N-dealkylation sites (tertiary alicyclic amines) is 1. The summed E-state index contributed by atoms with van der Waals surface area (Å²) in [6, 6.07) is 15.0. The maximum absolute atomic E-state index is 13.5. The average molecular weight is 554 g/mol. The number of carbonyl (C=O) groups excluding carboxylic acids is 1. The second-order valence-corrected chi connectivity index (χ2v) is 13.0. The lowest BCUT2D eigenvalue weighted by atomic mass is 9.55. The minimum atomic E-state index is -0.722. The number of aliphatic hydroxyl groups excluding tert-OH is 1. The molecule has 3 aliphatic carbocycles. The van der Waals surface area contributed by atoms with E-state index in [1.54, 1.807) is 12.1 Å². The maximum atomic E-state index is 13.5. The molecule has 0 bridgehead atoms. The maximum Gasteiger partial charge on any atom is 0.261 e. The van der Waals surface area contributed by atoms with E-state index in [1.807, 2.05) is 36.4 Å². The van der Waals surface area contributed by atoms with Gasteiger partial charge in [0, 0.05) is 30.1 Å².